The van der Waals surface area contributed by atoms with Crippen molar-refractivity contribution in [3.8, 4) is 11.1 Å². The average molecular weight is 398 g/mol. The minimum absolute atomic E-state index is 0.0381. The fourth-order valence-corrected chi connectivity index (χ4v) is 3.04. The summed E-state index contributed by atoms with van der Waals surface area (Å²) in [5, 5.41) is -1.44. The van der Waals surface area contributed by atoms with E-state index in [2.05, 4.69) is 6.58 Å². The molecular formula is C21H13F7. The van der Waals surface area contributed by atoms with Crippen LogP contribution in [-0.2, 0) is 12.6 Å². The number of fused-ring (bicyclic) bond motifs is 1. The number of rotatable bonds is 4. The molecule has 0 aliphatic carbocycles. The molecule has 0 nitrogen and oxygen atoms in total. The molecule has 3 rings (SSSR count). The number of aryl methyl sites for hydroxylation is 1. The van der Waals surface area contributed by atoms with E-state index in [0.717, 1.165) is 12.1 Å². The van der Waals surface area contributed by atoms with Crippen molar-refractivity contribution in [2.45, 2.75) is 19.0 Å². The van der Waals surface area contributed by atoms with Crippen molar-refractivity contribution >= 4 is 10.8 Å². The van der Waals surface area contributed by atoms with E-state index in [4.69, 9.17) is 0 Å². The second-order valence-corrected chi connectivity index (χ2v) is 6.24. The van der Waals surface area contributed by atoms with Crippen LogP contribution in [0.5, 0.6) is 0 Å². The van der Waals surface area contributed by atoms with Gasteiger partial charge in [-0.25, -0.2) is 17.6 Å². The van der Waals surface area contributed by atoms with Gasteiger partial charge in [0.15, 0.2) is 0 Å². The maximum atomic E-state index is 14.4. The summed E-state index contributed by atoms with van der Waals surface area (Å²) in [7, 11) is 0. The van der Waals surface area contributed by atoms with Crippen molar-refractivity contribution in [1.29, 1.82) is 0 Å². The average Bonchev–Trinajstić information content (AvgIpc) is 2.57. The standard InChI is InChI=1S/C21H13F7/c1-2-3-4-11-5-6-14(15(22)7-11)12-8-13-10-17(24)19(21(26,27)28)20(25)18(13)16(23)9-12/h2,5-10H,1,3-4H2. The number of halogens is 7. The van der Waals surface area contributed by atoms with Crippen LogP contribution in [0.1, 0.15) is 17.5 Å². The molecule has 0 amide bonds. The molecule has 146 valence electrons. The lowest BCUT2D eigenvalue weighted by molar-refractivity contribution is -0.142. The Labute approximate surface area is 155 Å². The predicted octanol–water partition coefficient (Wildman–Crippen LogP) is 7.20. The van der Waals surface area contributed by atoms with Crippen LogP contribution >= 0.6 is 0 Å². The highest BCUT2D eigenvalue weighted by atomic mass is 19.4. The molecule has 3 aromatic carbocycles. The minimum Gasteiger partial charge on any atom is -0.206 e. The highest BCUT2D eigenvalue weighted by molar-refractivity contribution is 5.89. The van der Waals surface area contributed by atoms with Crippen LogP contribution in [0.2, 0.25) is 0 Å². The summed E-state index contributed by atoms with van der Waals surface area (Å²) in [4.78, 5) is 0. The lowest BCUT2D eigenvalue weighted by atomic mass is 9.96. The molecule has 0 saturated carbocycles. The van der Waals surface area contributed by atoms with Crippen LogP contribution < -0.4 is 0 Å². The van der Waals surface area contributed by atoms with Gasteiger partial charge >= 0.3 is 6.18 Å². The van der Waals surface area contributed by atoms with Crippen LogP contribution in [-0.4, -0.2) is 0 Å². The van der Waals surface area contributed by atoms with Crippen molar-refractivity contribution in [3.63, 3.8) is 0 Å². The van der Waals surface area contributed by atoms with Crippen LogP contribution in [0.3, 0.4) is 0 Å². The summed E-state index contributed by atoms with van der Waals surface area (Å²) < 4.78 is 95.4. The molecule has 0 aromatic heterocycles. The smallest absolute Gasteiger partial charge is 0.206 e. The molecule has 0 aliphatic rings. The molecule has 0 bridgehead atoms. The van der Waals surface area contributed by atoms with Gasteiger partial charge in [-0.2, -0.15) is 13.2 Å². The van der Waals surface area contributed by atoms with E-state index < -0.39 is 45.8 Å². The fraction of sp³-hybridized carbons (Fsp3) is 0.143. The quantitative estimate of drug-likeness (QED) is 0.322. The lowest BCUT2D eigenvalue weighted by Crippen LogP contribution is -2.12. The first-order chi connectivity index (χ1) is 13.1. The third kappa shape index (κ3) is 3.61. The zero-order valence-electron chi connectivity index (χ0n) is 14.3. The SMILES string of the molecule is C=CCCc1ccc(-c2cc(F)c3c(F)c(C(F)(F)F)c(F)cc3c2)c(F)c1. The first kappa shape index (κ1) is 19.9. The van der Waals surface area contributed by atoms with E-state index >= 15 is 0 Å². The molecule has 0 unspecified atom stereocenters. The zero-order chi connectivity index (χ0) is 20.6. The number of hydrogen-bond acceptors (Lipinski definition) is 0. The Bertz CT molecular complexity index is 1060. The molecule has 0 saturated heterocycles. The summed E-state index contributed by atoms with van der Waals surface area (Å²) >= 11 is 0. The number of hydrogen-bond donors (Lipinski definition) is 0. The van der Waals surface area contributed by atoms with Crippen LogP contribution in [0, 0.1) is 23.3 Å². The van der Waals surface area contributed by atoms with Gasteiger partial charge in [0.1, 0.15) is 28.8 Å². The molecule has 0 radical (unpaired) electrons. The Morgan fingerprint density at radius 1 is 0.857 bits per heavy atom. The van der Waals surface area contributed by atoms with Gasteiger partial charge in [-0.3, -0.25) is 0 Å². The molecule has 0 N–H and O–H groups in total. The Hall–Kier alpha value is -2.83. The molecular weight excluding hydrogens is 385 g/mol. The van der Waals surface area contributed by atoms with E-state index in [1.807, 2.05) is 0 Å². The van der Waals surface area contributed by atoms with E-state index in [1.54, 1.807) is 12.1 Å². The van der Waals surface area contributed by atoms with Crippen LogP contribution in [0.15, 0.2) is 49.1 Å². The van der Waals surface area contributed by atoms with Crippen molar-refractivity contribution in [2.75, 3.05) is 0 Å². The fourth-order valence-electron chi connectivity index (χ4n) is 3.04. The van der Waals surface area contributed by atoms with Gasteiger partial charge in [0, 0.05) is 5.56 Å². The van der Waals surface area contributed by atoms with Gasteiger partial charge in [0.25, 0.3) is 0 Å². The van der Waals surface area contributed by atoms with Crippen LogP contribution in [0.4, 0.5) is 30.7 Å². The maximum Gasteiger partial charge on any atom is 0.422 e. The monoisotopic (exact) mass is 398 g/mol. The molecule has 3 aromatic rings. The van der Waals surface area contributed by atoms with E-state index in [1.165, 1.54) is 12.1 Å². The zero-order valence-corrected chi connectivity index (χ0v) is 14.3. The molecule has 0 aliphatic heterocycles. The number of allylic oxidation sites excluding steroid dienone is 1. The molecule has 0 spiro atoms. The first-order valence-electron chi connectivity index (χ1n) is 8.21. The summed E-state index contributed by atoms with van der Waals surface area (Å²) in [5.74, 6) is -5.93. The largest absolute Gasteiger partial charge is 0.422 e. The molecule has 28 heavy (non-hydrogen) atoms. The van der Waals surface area contributed by atoms with E-state index in [-0.39, 0.29) is 11.1 Å². The van der Waals surface area contributed by atoms with Gasteiger partial charge in [-0.15, -0.1) is 6.58 Å². The maximum absolute atomic E-state index is 14.4. The first-order valence-corrected chi connectivity index (χ1v) is 8.21. The highest BCUT2D eigenvalue weighted by Gasteiger charge is 2.39. The van der Waals surface area contributed by atoms with Crippen molar-refractivity contribution in [2.24, 2.45) is 0 Å². The topological polar surface area (TPSA) is 0 Å². The van der Waals surface area contributed by atoms with Crippen LogP contribution in [0.25, 0.3) is 21.9 Å². The summed E-state index contributed by atoms with van der Waals surface area (Å²) in [6.07, 6.45) is -2.48. The summed E-state index contributed by atoms with van der Waals surface area (Å²) in [6, 6.07) is 6.40. The highest BCUT2D eigenvalue weighted by Crippen LogP contribution is 2.39. The third-order valence-corrected chi connectivity index (χ3v) is 4.35. The van der Waals surface area contributed by atoms with E-state index in [0.29, 0.717) is 24.5 Å². The van der Waals surface area contributed by atoms with Gasteiger partial charge in [0.05, 0.1) is 5.39 Å². The minimum atomic E-state index is -5.32. The summed E-state index contributed by atoms with van der Waals surface area (Å²) in [5.41, 5.74) is -1.57. The number of benzene rings is 3. The third-order valence-electron chi connectivity index (χ3n) is 4.35. The second-order valence-electron chi connectivity index (χ2n) is 6.24. The number of alkyl halides is 3. The molecule has 0 fully saturated rings. The van der Waals surface area contributed by atoms with Gasteiger partial charge in [-0.05, 0) is 53.6 Å². The Morgan fingerprint density at radius 3 is 2.18 bits per heavy atom. The van der Waals surface area contributed by atoms with Gasteiger partial charge < -0.3 is 0 Å². The van der Waals surface area contributed by atoms with Crippen molar-refractivity contribution in [3.05, 3.63) is 83.4 Å². The predicted molar refractivity (Wildman–Crippen MR) is 92.7 cm³/mol. The van der Waals surface area contributed by atoms with Gasteiger partial charge in [-0.1, -0.05) is 18.2 Å². The normalized spacial score (nSPS) is 11.8. The van der Waals surface area contributed by atoms with Crippen molar-refractivity contribution in [1.82, 2.24) is 0 Å². The Balaban J connectivity index is 2.16. The summed E-state index contributed by atoms with van der Waals surface area (Å²) in [6.45, 7) is 3.57. The molecule has 0 atom stereocenters. The second kappa shape index (κ2) is 7.30. The molecule has 0 heterocycles. The van der Waals surface area contributed by atoms with Gasteiger partial charge in [0.2, 0.25) is 0 Å². The van der Waals surface area contributed by atoms with Crippen molar-refractivity contribution < 1.29 is 30.7 Å². The van der Waals surface area contributed by atoms with E-state index in [9.17, 15) is 30.7 Å². The molecule has 7 heteroatoms. The Morgan fingerprint density at radius 2 is 1.57 bits per heavy atom. The lowest BCUT2D eigenvalue weighted by Gasteiger charge is -2.13. The Kier molecular flexibility index (Phi) is 5.19.